The van der Waals surface area contributed by atoms with E-state index in [0.717, 1.165) is 24.2 Å². The van der Waals surface area contributed by atoms with Crippen LogP contribution in [0.15, 0.2) is 47.5 Å². The third-order valence-electron chi connectivity index (χ3n) is 5.88. The van der Waals surface area contributed by atoms with Gasteiger partial charge < -0.3 is 10.6 Å². The lowest BCUT2D eigenvalue weighted by atomic mass is 9.95. The highest BCUT2D eigenvalue weighted by Crippen LogP contribution is 2.36. The molecule has 3 rings (SSSR count). The summed E-state index contributed by atoms with van der Waals surface area (Å²) >= 11 is 1.51. The Morgan fingerprint density at radius 1 is 1.21 bits per heavy atom. The van der Waals surface area contributed by atoms with Crippen molar-refractivity contribution in [1.29, 1.82) is 5.41 Å². The highest BCUT2D eigenvalue weighted by Gasteiger charge is 2.44. The lowest BCUT2D eigenvalue weighted by molar-refractivity contribution is -0.131. The molecule has 5 N–H and O–H groups in total. The van der Waals surface area contributed by atoms with Crippen molar-refractivity contribution in [3.8, 4) is 0 Å². The molecule has 1 fully saturated rings. The van der Waals surface area contributed by atoms with Crippen LogP contribution >= 0.6 is 11.8 Å². The molecule has 10 heteroatoms. The number of rotatable bonds is 12. The topological polar surface area (TPSA) is 143 Å². The minimum absolute atomic E-state index is 0.0564. The molecule has 1 aromatic carbocycles. The van der Waals surface area contributed by atoms with E-state index >= 15 is 0 Å². The van der Waals surface area contributed by atoms with E-state index < -0.39 is 11.1 Å². The minimum Gasteiger partial charge on any atom is -0.360 e. The number of nitrogens with zero attached hydrogens (tertiary/aromatic N) is 2. The molecule has 0 aliphatic heterocycles. The molecule has 0 saturated heterocycles. The van der Waals surface area contributed by atoms with Crippen LogP contribution in [-0.2, 0) is 20.9 Å². The Labute approximate surface area is 202 Å². The zero-order chi connectivity index (χ0) is 24.6. The molecule has 1 aliphatic carbocycles. The van der Waals surface area contributed by atoms with E-state index in [2.05, 4.69) is 15.6 Å². The van der Waals surface area contributed by atoms with Crippen molar-refractivity contribution in [2.75, 3.05) is 24.2 Å². The van der Waals surface area contributed by atoms with Gasteiger partial charge >= 0.3 is 0 Å². The van der Waals surface area contributed by atoms with Gasteiger partial charge in [0.1, 0.15) is 11.3 Å². The monoisotopic (exact) mass is 483 g/mol. The number of aromatic nitrogens is 2. The third kappa shape index (κ3) is 6.19. The van der Waals surface area contributed by atoms with Crippen LogP contribution in [0.1, 0.15) is 38.2 Å². The van der Waals surface area contributed by atoms with Crippen LogP contribution in [0.2, 0.25) is 0 Å². The summed E-state index contributed by atoms with van der Waals surface area (Å²) in [7, 11) is 0. The number of ketones is 1. The number of anilines is 1. The van der Waals surface area contributed by atoms with Crippen LogP contribution in [0.4, 0.5) is 5.82 Å². The molecule has 1 amide bonds. The van der Waals surface area contributed by atoms with Gasteiger partial charge in [-0.3, -0.25) is 29.8 Å². The normalized spacial score (nSPS) is 14.4. The molecule has 9 nitrogen and oxygen atoms in total. The maximum Gasteiger partial charge on any atom is 0.294 e. The first kappa shape index (κ1) is 25.4. The van der Waals surface area contributed by atoms with Crippen LogP contribution in [0.5, 0.6) is 0 Å². The first-order valence-corrected chi connectivity index (χ1v) is 12.4. The molecule has 1 heterocycles. The molecule has 0 unspecified atom stereocenters. The van der Waals surface area contributed by atoms with E-state index in [0.29, 0.717) is 24.3 Å². The van der Waals surface area contributed by atoms with Crippen molar-refractivity contribution < 1.29 is 15.0 Å². The quantitative estimate of drug-likeness (QED) is 0.329. The predicted molar refractivity (Wildman–Crippen MR) is 134 cm³/mol. The molecule has 0 radical (unpaired) electrons. The highest BCUT2D eigenvalue weighted by molar-refractivity contribution is 7.99. The standard InChI is InChI=1S/C24H30N6O3S/c1-17(25)20(26)14-28-21-22(32)30(12-11-27-21)24(9-5-6-10-24)23(33)29-13-19(31)16-34-15-18-7-3-2-4-8-18/h2-4,7-8,11-12,25-26H,5-6,9-10,13-16H2,1H3,(H,27,28)(H,29,33)/p+1. The van der Waals surface area contributed by atoms with Crippen molar-refractivity contribution in [1.82, 2.24) is 14.9 Å². The Hall–Kier alpha value is -3.27. The van der Waals surface area contributed by atoms with E-state index in [1.54, 1.807) is 6.92 Å². The number of Topliss-reactive ketones (excluding diaryl/α,β-unsaturated/α-hetero) is 1. The average molecular weight is 484 g/mol. The summed E-state index contributed by atoms with van der Waals surface area (Å²) < 4.78 is 1.42. The van der Waals surface area contributed by atoms with Crippen LogP contribution in [-0.4, -0.2) is 51.5 Å². The summed E-state index contributed by atoms with van der Waals surface area (Å²) in [6, 6.07) is 9.89. The number of carbonyl (C=O) groups is 2. The van der Waals surface area contributed by atoms with Crippen LogP contribution in [0.3, 0.4) is 0 Å². The molecule has 1 aromatic heterocycles. The van der Waals surface area contributed by atoms with Crippen LogP contribution in [0, 0.1) is 5.41 Å². The van der Waals surface area contributed by atoms with Crippen molar-refractivity contribution in [3.63, 3.8) is 0 Å². The lowest BCUT2D eigenvalue weighted by Gasteiger charge is -2.30. The van der Waals surface area contributed by atoms with Crippen LogP contribution < -0.4 is 21.6 Å². The van der Waals surface area contributed by atoms with Gasteiger partial charge in [0, 0.05) is 25.1 Å². The maximum absolute atomic E-state index is 13.3. The largest absolute Gasteiger partial charge is 0.360 e. The Bertz CT molecular complexity index is 1110. The van der Waals surface area contributed by atoms with Gasteiger partial charge in [0.2, 0.25) is 5.91 Å². The average Bonchev–Trinajstić information content (AvgIpc) is 3.33. The molecule has 0 spiro atoms. The van der Waals surface area contributed by atoms with Crippen molar-refractivity contribution in [2.24, 2.45) is 0 Å². The number of benzene rings is 1. The van der Waals surface area contributed by atoms with Gasteiger partial charge in [-0.2, -0.15) is 0 Å². The Balaban J connectivity index is 1.64. The first-order chi connectivity index (χ1) is 16.3. The fourth-order valence-corrected chi connectivity index (χ4v) is 4.83. The van der Waals surface area contributed by atoms with Gasteiger partial charge in [-0.1, -0.05) is 43.2 Å². The van der Waals surface area contributed by atoms with E-state index in [1.165, 1.54) is 28.7 Å². The Morgan fingerprint density at radius 3 is 2.59 bits per heavy atom. The molecule has 180 valence electrons. The number of nitrogens with one attached hydrogen (secondary N) is 3. The van der Waals surface area contributed by atoms with E-state index in [9.17, 15) is 14.4 Å². The number of thioether (sulfide) groups is 1. The summed E-state index contributed by atoms with van der Waals surface area (Å²) in [6.07, 6.45) is 5.59. The molecule has 1 saturated carbocycles. The van der Waals surface area contributed by atoms with Crippen molar-refractivity contribution >= 4 is 40.7 Å². The van der Waals surface area contributed by atoms with Crippen molar-refractivity contribution in [3.05, 3.63) is 58.6 Å². The summed E-state index contributed by atoms with van der Waals surface area (Å²) in [6.45, 7) is 1.60. The Kier molecular flexibility index (Phi) is 8.75. The van der Waals surface area contributed by atoms with Gasteiger partial charge in [0.25, 0.3) is 5.56 Å². The first-order valence-electron chi connectivity index (χ1n) is 11.2. The van der Waals surface area contributed by atoms with Gasteiger partial charge in [-0.05, 0) is 18.4 Å². The van der Waals surface area contributed by atoms with Gasteiger partial charge in [0.05, 0.1) is 18.8 Å². The number of amides is 1. The van der Waals surface area contributed by atoms with Gasteiger partial charge in [0.15, 0.2) is 17.3 Å². The fourth-order valence-electron chi connectivity index (χ4n) is 3.97. The fraction of sp³-hybridized carbons (Fsp3) is 0.417. The molecule has 0 atom stereocenters. The van der Waals surface area contributed by atoms with E-state index in [1.807, 2.05) is 30.3 Å². The van der Waals surface area contributed by atoms with Crippen LogP contribution in [0.25, 0.3) is 0 Å². The highest BCUT2D eigenvalue weighted by atomic mass is 32.2. The van der Waals surface area contributed by atoms with Gasteiger partial charge in [-0.25, -0.2) is 4.98 Å². The molecule has 0 bridgehead atoms. The number of hydrogen-bond acceptors (Lipinski definition) is 7. The molecular weight excluding hydrogens is 452 g/mol. The SMILES string of the molecule is CC(=[NH2+])C(=N)CNc1nccn(C2(C(=O)NCC(=O)CSCc3ccccc3)CCCC2)c1=O. The summed E-state index contributed by atoms with van der Waals surface area (Å²) in [5.74, 6) is 0.685. The number of hydrogen-bond donors (Lipinski definition) is 4. The second kappa shape index (κ2) is 11.7. The zero-order valence-electron chi connectivity index (χ0n) is 19.3. The lowest BCUT2D eigenvalue weighted by Crippen LogP contribution is -2.52. The molecular formula is C24H31N6O3S+. The summed E-state index contributed by atoms with van der Waals surface area (Å²) in [4.78, 5) is 42.9. The third-order valence-corrected chi connectivity index (χ3v) is 6.95. The molecule has 2 aromatic rings. The number of nitrogens with two attached hydrogens (primary N) is 1. The molecule has 1 aliphatic rings. The van der Waals surface area contributed by atoms with E-state index in [4.69, 9.17) is 10.8 Å². The summed E-state index contributed by atoms with van der Waals surface area (Å²) in [5, 5.41) is 19.0. The van der Waals surface area contributed by atoms with Gasteiger partial charge in [-0.15, -0.1) is 11.8 Å². The predicted octanol–water partition coefficient (Wildman–Crippen LogP) is 0.783. The minimum atomic E-state index is -1.06. The second-order valence-electron chi connectivity index (χ2n) is 8.40. The smallest absolute Gasteiger partial charge is 0.294 e. The summed E-state index contributed by atoms with van der Waals surface area (Å²) in [5.41, 5.74) is 0.157. The molecule has 34 heavy (non-hydrogen) atoms. The van der Waals surface area contributed by atoms with E-state index in [-0.39, 0.29) is 36.3 Å². The maximum atomic E-state index is 13.3. The number of carbonyl (C=O) groups excluding carboxylic acids is 2. The Morgan fingerprint density at radius 2 is 1.91 bits per heavy atom. The second-order valence-corrected chi connectivity index (χ2v) is 9.39. The zero-order valence-corrected chi connectivity index (χ0v) is 20.1. The van der Waals surface area contributed by atoms with Crippen molar-refractivity contribution in [2.45, 2.75) is 43.9 Å².